The van der Waals surface area contributed by atoms with Gasteiger partial charge in [-0.15, -0.1) is 0 Å². The molecule has 0 radical (unpaired) electrons. The van der Waals surface area contributed by atoms with Gasteiger partial charge >= 0.3 is 0 Å². The highest BCUT2D eigenvalue weighted by atomic mass is 16.2. The fraction of sp³-hybridized carbons (Fsp3) is 0.400. The molecule has 0 aliphatic heterocycles. The summed E-state index contributed by atoms with van der Waals surface area (Å²) in [5.41, 5.74) is 5.11. The summed E-state index contributed by atoms with van der Waals surface area (Å²) in [5.74, 6) is -0.291. The van der Waals surface area contributed by atoms with Crippen molar-refractivity contribution in [3.63, 3.8) is 0 Å². The Morgan fingerprint density at radius 2 is 2.07 bits per heavy atom. The number of nitrogens with two attached hydrogens (primary N) is 1. The normalized spacial score (nSPS) is 11.2. The van der Waals surface area contributed by atoms with Gasteiger partial charge in [-0.25, -0.2) is 0 Å². The molecule has 1 heterocycles. The van der Waals surface area contributed by atoms with E-state index >= 15 is 0 Å². The molecular formula is C10H15N3O2. The molecule has 15 heavy (non-hydrogen) atoms. The van der Waals surface area contributed by atoms with Crippen molar-refractivity contribution in [3.8, 4) is 0 Å². The summed E-state index contributed by atoms with van der Waals surface area (Å²) in [6.45, 7) is 3.23. The molecule has 1 aromatic heterocycles. The summed E-state index contributed by atoms with van der Waals surface area (Å²) < 4.78 is 1.39. The Bertz CT molecular complexity index is 429. The molecule has 0 aliphatic carbocycles. The first-order valence-electron chi connectivity index (χ1n) is 4.58. The average Bonchev–Trinajstić information content (AvgIpc) is 2.10. The predicted octanol–water partition coefficient (Wildman–Crippen LogP) is 0.0611. The molecule has 0 unspecified atom stereocenters. The second-order valence-corrected chi connectivity index (χ2v) is 4.04. The minimum absolute atomic E-state index is 0.125. The van der Waals surface area contributed by atoms with E-state index in [1.165, 1.54) is 10.6 Å². The summed E-state index contributed by atoms with van der Waals surface area (Å²) in [7, 11) is 1.62. The van der Waals surface area contributed by atoms with E-state index in [1.54, 1.807) is 33.2 Å². The molecule has 1 amide bonds. The topological polar surface area (TPSA) is 77.1 Å². The SMILES string of the molecule is Cn1cc(NC(=O)C(C)(C)N)ccc1=O. The van der Waals surface area contributed by atoms with Crippen LogP contribution < -0.4 is 16.6 Å². The van der Waals surface area contributed by atoms with E-state index in [2.05, 4.69) is 5.32 Å². The van der Waals surface area contributed by atoms with Crippen LogP contribution in [0.25, 0.3) is 0 Å². The first-order chi connectivity index (χ1) is 6.80. The number of nitrogens with zero attached hydrogens (tertiary/aromatic N) is 1. The molecule has 0 saturated carbocycles. The predicted molar refractivity (Wildman–Crippen MR) is 58.6 cm³/mol. The van der Waals surface area contributed by atoms with Gasteiger partial charge in [0.1, 0.15) is 0 Å². The van der Waals surface area contributed by atoms with Crippen LogP contribution in [0.2, 0.25) is 0 Å². The van der Waals surface area contributed by atoms with E-state index in [0.717, 1.165) is 0 Å². The van der Waals surface area contributed by atoms with Crippen molar-refractivity contribution < 1.29 is 4.79 Å². The minimum Gasteiger partial charge on any atom is -0.323 e. The lowest BCUT2D eigenvalue weighted by molar-refractivity contribution is -0.120. The van der Waals surface area contributed by atoms with E-state index in [9.17, 15) is 9.59 Å². The number of carbonyl (C=O) groups is 1. The van der Waals surface area contributed by atoms with E-state index < -0.39 is 5.54 Å². The first-order valence-corrected chi connectivity index (χ1v) is 4.58. The maximum atomic E-state index is 11.5. The van der Waals surface area contributed by atoms with Crippen LogP contribution in [0.1, 0.15) is 13.8 Å². The van der Waals surface area contributed by atoms with Crippen LogP contribution in [0.3, 0.4) is 0 Å². The molecule has 5 heteroatoms. The first kappa shape index (κ1) is 11.5. The Labute approximate surface area is 87.9 Å². The molecule has 0 aromatic carbocycles. The van der Waals surface area contributed by atoms with Gasteiger partial charge in [-0.3, -0.25) is 9.59 Å². The molecule has 82 valence electrons. The van der Waals surface area contributed by atoms with Gasteiger partial charge in [0.2, 0.25) is 11.5 Å². The largest absolute Gasteiger partial charge is 0.323 e. The minimum atomic E-state index is -0.936. The maximum Gasteiger partial charge on any atom is 0.250 e. The Hall–Kier alpha value is -1.62. The van der Waals surface area contributed by atoms with Crippen LogP contribution in [0.4, 0.5) is 5.69 Å². The van der Waals surface area contributed by atoms with E-state index in [-0.39, 0.29) is 11.5 Å². The monoisotopic (exact) mass is 209 g/mol. The zero-order valence-corrected chi connectivity index (χ0v) is 9.07. The zero-order chi connectivity index (χ0) is 11.6. The Kier molecular flexibility index (Phi) is 2.95. The number of carbonyl (C=O) groups excluding carboxylic acids is 1. The highest BCUT2D eigenvalue weighted by Gasteiger charge is 2.21. The van der Waals surface area contributed by atoms with Gasteiger partial charge in [-0.05, 0) is 19.9 Å². The smallest absolute Gasteiger partial charge is 0.250 e. The third kappa shape index (κ3) is 2.92. The van der Waals surface area contributed by atoms with Gasteiger partial charge < -0.3 is 15.6 Å². The second kappa shape index (κ2) is 3.86. The highest BCUT2D eigenvalue weighted by molar-refractivity contribution is 5.97. The van der Waals surface area contributed by atoms with Crippen LogP contribution in [0.15, 0.2) is 23.1 Å². The number of aromatic nitrogens is 1. The molecular weight excluding hydrogens is 194 g/mol. The summed E-state index contributed by atoms with van der Waals surface area (Å²) in [6.07, 6.45) is 1.55. The number of hydrogen-bond acceptors (Lipinski definition) is 3. The third-order valence-corrected chi connectivity index (χ3v) is 1.93. The molecule has 5 nitrogen and oxygen atoms in total. The van der Waals surface area contributed by atoms with Crippen LogP contribution >= 0.6 is 0 Å². The molecule has 0 aliphatic rings. The number of pyridine rings is 1. The molecule has 0 spiro atoms. The zero-order valence-electron chi connectivity index (χ0n) is 9.07. The Balaban J connectivity index is 2.87. The van der Waals surface area contributed by atoms with Crippen molar-refractivity contribution in [1.82, 2.24) is 4.57 Å². The summed E-state index contributed by atoms with van der Waals surface area (Å²) in [6, 6.07) is 2.94. The molecule has 3 N–H and O–H groups in total. The number of nitrogens with one attached hydrogen (secondary N) is 1. The van der Waals surface area contributed by atoms with Crippen LogP contribution in [-0.2, 0) is 11.8 Å². The van der Waals surface area contributed by atoms with Crippen molar-refractivity contribution in [2.45, 2.75) is 19.4 Å². The highest BCUT2D eigenvalue weighted by Crippen LogP contribution is 2.06. The van der Waals surface area contributed by atoms with Crippen molar-refractivity contribution in [1.29, 1.82) is 0 Å². The van der Waals surface area contributed by atoms with Gasteiger partial charge in [-0.1, -0.05) is 0 Å². The van der Waals surface area contributed by atoms with Crippen LogP contribution in [0, 0.1) is 0 Å². The van der Waals surface area contributed by atoms with Crippen LogP contribution in [0.5, 0.6) is 0 Å². The number of hydrogen-bond donors (Lipinski definition) is 2. The average molecular weight is 209 g/mol. The molecule has 0 atom stereocenters. The number of rotatable bonds is 2. The van der Waals surface area contributed by atoms with Gasteiger partial charge in [0.05, 0.1) is 11.2 Å². The van der Waals surface area contributed by atoms with E-state index in [0.29, 0.717) is 5.69 Å². The number of aryl methyl sites for hydroxylation is 1. The second-order valence-electron chi connectivity index (χ2n) is 4.04. The maximum absolute atomic E-state index is 11.5. The lowest BCUT2D eigenvalue weighted by atomic mass is 10.1. The van der Waals surface area contributed by atoms with Crippen LogP contribution in [-0.4, -0.2) is 16.0 Å². The number of anilines is 1. The number of amides is 1. The third-order valence-electron chi connectivity index (χ3n) is 1.93. The molecule has 0 fully saturated rings. The molecule has 1 rings (SSSR count). The molecule has 1 aromatic rings. The lowest BCUT2D eigenvalue weighted by Crippen LogP contribution is -2.45. The Morgan fingerprint density at radius 3 is 2.53 bits per heavy atom. The summed E-state index contributed by atoms with van der Waals surface area (Å²) >= 11 is 0. The van der Waals surface area contributed by atoms with Gasteiger partial charge in [0, 0.05) is 19.3 Å². The van der Waals surface area contributed by atoms with Gasteiger partial charge in [-0.2, -0.15) is 0 Å². The fourth-order valence-corrected chi connectivity index (χ4v) is 0.960. The molecule has 0 bridgehead atoms. The van der Waals surface area contributed by atoms with Gasteiger partial charge in [0.25, 0.3) is 0 Å². The van der Waals surface area contributed by atoms with E-state index in [4.69, 9.17) is 5.73 Å². The fourth-order valence-electron chi connectivity index (χ4n) is 0.960. The van der Waals surface area contributed by atoms with Crippen molar-refractivity contribution in [3.05, 3.63) is 28.7 Å². The quantitative estimate of drug-likeness (QED) is 0.723. The summed E-state index contributed by atoms with van der Waals surface area (Å²) in [5, 5.41) is 2.63. The van der Waals surface area contributed by atoms with Crippen molar-refractivity contribution in [2.24, 2.45) is 12.8 Å². The molecule has 0 saturated heterocycles. The van der Waals surface area contributed by atoms with Crippen molar-refractivity contribution in [2.75, 3.05) is 5.32 Å². The van der Waals surface area contributed by atoms with Crippen molar-refractivity contribution >= 4 is 11.6 Å². The Morgan fingerprint density at radius 1 is 1.47 bits per heavy atom. The standard InChI is InChI=1S/C10H15N3O2/c1-10(2,11)9(15)12-7-4-5-8(14)13(3)6-7/h4-6H,11H2,1-3H3,(H,12,15). The summed E-state index contributed by atoms with van der Waals surface area (Å²) in [4.78, 5) is 22.6. The lowest BCUT2D eigenvalue weighted by Gasteiger charge is -2.17. The van der Waals surface area contributed by atoms with Gasteiger partial charge in [0.15, 0.2) is 0 Å². The van der Waals surface area contributed by atoms with E-state index in [1.807, 2.05) is 0 Å².